The van der Waals surface area contributed by atoms with E-state index in [1.165, 1.54) is 0 Å². The van der Waals surface area contributed by atoms with Crippen LogP contribution in [0.4, 0.5) is 0 Å². The minimum absolute atomic E-state index is 0.613. The summed E-state index contributed by atoms with van der Waals surface area (Å²) in [5, 5.41) is 0.645. The Bertz CT molecular complexity index is 698. The highest BCUT2D eigenvalue weighted by Crippen LogP contribution is 2.29. The molecule has 2 aromatic carbocycles. The third-order valence-corrected chi connectivity index (χ3v) is 4.06. The Hall–Kier alpha value is -2.13. The highest BCUT2D eigenvalue weighted by atomic mass is 35.5. The molecule has 0 amide bonds. The van der Waals surface area contributed by atoms with Crippen LogP contribution in [0, 0.1) is 6.92 Å². The van der Waals surface area contributed by atoms with E-state index in [4.69, 9.17) is 25.8 Å². The molecular weight excluding hydrogens is 336 g/mol. The number of benzene rings is 2. The molecule has 0 heterocycles. The Morgan fingerprint density at radius 1 is 0.960 bits per heavy atom. The van der Waals surface area contributed by atoms with Gasteiger partial charge < -0.3 is 14.2 Å². The van der Waals surface area contributed by atoms with Gasteiger partial charge in [0.1, 0.15) is 5.75 Å². The van der Waals surface area contributed by atoms with Crippen LogP contribution in [-0.4, -0.2) is 20.3 Å². The van der Waals surface area contributed by atoms with E-state index in [2.05, 4.69) is 6.58 Å². The van der Waals surface area contributed by atoms with E-state index < -0.39 is 0 Å². The largest absolute Gasteiger partial charge is 0.493 e. The number of hydrogen-bond donors (Lipinski definition) is 0. The molecule has 0 aliphatic carbocycles. The van der Waals surface area contributed by atoms with Crippen molar-refractivity contribution in [1.82, 2.24) is 0 Å². The van der Waals surface area contributed by atoms with Gasteiger partial charge in [-0.25, -0.2) is 0 Å². The van der Waals surface area contributed by atoms with Crippen molar-refractivity contribution in [2.45, 2.75) is 26.2 Å². The smallest absolute Gasteiger partial charge is 0.161 e. The summed E-state index contributed by atoms with van der Waals surface area (Å²) in [4.78, 5) is 0. The number of hydrogen-bond acceptors (Lipinski definition) is 3. The van der Waals surface area contributed by atoms with Crippen molar-refractivity contribution in [3.05, 3.63) is 65.2 Å². The first-order chi connectivity index (χ1) is 12.1. The van der Waals surface area contributed by atoms with E-state index in [1.807, 2.05) is 49.4 Å². The summed E-state index contributed by atoms with van der Waals surface area (Å²) in [6.07, 6.45) is 4.47. The third-order valence-electron chi connectivity index (χ3n) is 3.75. The fourth-order valence-electron chi connectivity index (χ4n) is 2.41. The first kappa shape index (κ1) is 19.2. The van der Waals surface area contributed by atoms with Crippen molar-refractivity contribution >= 4 is 11.6 Å². The molecule has 0 aliphatic rings. The zero-order valence-corrected chi connectivity index (χ0v) is 15.6. The summed E-state index contributed by atoms with van der Waals surface area (Å²) < 4.78 is 17.0. The highest BCUT2D eigenvalue weighted by Gasteiger charge is 2.06. The van der Waals surface area contributed by atoms with E-state index in [9.17, 15) is 0 Å². The molecule has 0 aromatic heterocycles. The predicted octanol–water partition coefficient (Wildman–Crippen LogP) is 5.62. The average molecular weight is 361 g/mol. The number of aryl methyl sites for hydroxylation is 1. The van der Waals surface area contributed by atoms with Crippen LogP contribution in [0.1, 0.15) is 24.0 Å². The second kappa shape index (κ2) is 10.00. The quantitative estimate of drug-likeness (QED) is 0.406. The van der Waals surface area contributed by atoms with Crippen molar-refractivity contribution < 1.29 is 14.2 Å². The minimum Gasteiger partial charge on any atom is -0.493 e. The number of allylic oxidation sites excluding steroid dienone is 1. The lowest BCUT2D eigenvalue weighted by atomic mass is 10.1. The maximum Gasteiger partial charge on any atom is 0.161 e. The number of methoxy groups -OCH3 is 1. The number of halogens is 1. The SMILES string of the molecule is C=CCc1ccc(OCCCCOc2cc(C)ccc2Cl)c(OC)c1. The zero-order chi connectivity index (χ0) is 18.1. The number of rotatable bonds is 10. The molecule has 0 bridgehead atoms. The lowest BCUT2D eigenvalue weighted by molar-refractivity contribution is 0.258. The molecule has 4 heteroatoms. The van der Waals surface area contributed by atoms with Crippen LogP contribution in [0.5, 0.6) is 17.2 Å². The summed E-state index contributed by atoms with van der Waals surface area (Å²) in [6.45, 7) is 7.00. The molecule has 0 radical (unpaired) electrons. The van der Waals surface area contributed by atoms with Crippen molar-refractivity contribution in [1.29, 1.82) is 0 Å². The molecular formula is C21H25ClO3. The van der Waals surface area contributed by atoms with Crippen LogP contribution in [0.3, 0.4) is 0 Å². The lowest BCUT2D eigenvalue weighted by Gasteiger charge is -2.12. The van der Waals surface area contributed by atoms with Crippen LogP contribution >= 0.6 is 11.6 Å². The fourth-order valence-corrected chi connectivity index (χ4v) is 2.59. The van der Waals surface area contributed by atoms with E-state index in [0.717, 1.165) is 47.6 Å². The number of unbranched alkanes of at least 4 members (excludes halogenated alkanes) is 1. The predicted molar refractivity (Wildman–Crippen MR) is 103 cm³/mol. The van der Waals surface area contributed by atoms with E-state index in [1.54, 1.807) is 7.11 Å². The molecule has 0 N–H and O–H groups in total. The van der Waals surface area contributed by atoms with Crippen LogP contribution in [0.2, 0.25) is 5.02 Å². The van der Waals surface area contributed by atoms with Gasteiger partial charge in [0.2, 0.25) is 0 Å². The fraction of sp³-hybridized carbons (Fsp3) is 0.333. The summed E-state index contributed by atoms with van der Waals surface area (Å²) >= 11 is 6.12. The molecule has 0 saturated heterocycles. The average Bonchev–Trinajstić information content (AvgIpc) is 2.61. The molecule has 134 valence electrons. The van der Waals surface area contributed by atoms with Crippen molar-refractivity contribution in [3.8, 4) is 17.2 Å². The molecule has 2 aromatic rings. The van der Waals surface area contributed by atoms with E-state index in [-0.39, 0.29) is 0 Å². The monoisotopic (exact) mass is 360 g/mol. The van der Waals surface area contributed by atoms with E-state index >= 15 is 0 Å². The van der Waals surface area contributed by atoms with E-state index in [0.29, 0.717) is 18.2 Å². The van der Waals surface area contributed by atoms with Crippen LogP contribution in [0.25, 0.3) is 0 Å². The zero-order valence-electron chi connectivity index (χ0n) is 14.9. The van der Waals surface area contributed by atoms with Crippen LogP contribution in [-0.2, 0) is 6.42 Å². The van der Waals surface area contributed by atoms with Gasteiger partial charge in [-0.3, -0.25) is 0 Å². The van der Waals surface area contributed by atoms with Gasteiger partial charge >= 0.3 is 0 Å². The van der Waals surface area contributed by atoms with Crippen LogP contribution < -0.4 is 14.2 Å². The van der Waals surface area contributed by atoms with Crippen molar-refractivity contribution in [3.63, 3.8) is 0 Å². The molecule has 0 spiro atoms. The molecule has 0 unspecified atom stereocenters. The Morgan fingerprint density at radius 2 is 1.68 bits per heavy atom. The Kier molecular flexibility index (Phi) is 7.68. The summed E-state index contributed by atoms with van der Waals surface area (Å²) in [5.74, 6) is 2.25. The third kappa shape index (κ3) is 6.02. The summed E-state index contributed by atoms with van der Waals surface area (Å²) in [5.41, 5.74) is 2.29. The van der Waals surface area contributed by atoms with Gasteiger partial charge in [-0.15, -0.1) is 6.58 Å². The Balaban J connectivity index is 1.74. The van der Waals surface area contributed by atoms with Gasteiger partial charge in [-0.1, -0.05) is 29.8 Å². The second-order valence-corrected chi connectivity index (χ2v) is 6.22. The minimum atomic E-state index is 0.613. The summed E-state index contributed by atoms with van der Waals surface area (Å²) in [6, 6.07) is 11.7. The van der Waals surface area contributed by atoms with Crippen molar-refractivity contribution in [2.75, 3.05) is 20.3 Å². The van der Waals surface area contributed by atoms with Crippen molar-refractivity contribution in [2.24, 2.45) is 0 Å². The molecule has 3 nitrogen and oxygen atoms in total. The maximum atomic E-state index is 6.12. The molecule has 0 aliphatic heterocycles. The van der Waals surface area contributed by atoms with Gasteiger partial charge in [0, 0.05) is 0 Å². The van der Waals surface area contributed by atoms with Crippen LogP contribution in [0.15, 0.2) is 49.1 Å². The van der Waals surface area contributed by atoms with Gasteiger partial charge in [0.15, 0.2) is 11.5 Å². The Morgan fingerprint density at radius 3 is 2.36 bits per heavy atom. The van der Waals surface area contributed by atoms with Gasteiger partial charge in [0.05, 0.1) is 25.3 Å². The molecule has 25 heavy (non-hydrogen) atoms. The molecule has 0 fully saturated rings. The topological polar surface area (TPSA) is 27.7 Å². The first-order valence-corrected chi connectivity index (χ1v) is 8.81. The van der Waals surface area contributed by atoms with Gasteiger partial charge in [0.25, 0.3) is 0 Å². The Labute approximate surface area is 155 Å². The van der Waals surface area contributed by atoms with Gasteiger partial charge in [-0.05, 0) is 61.6 Å². The molecule has 0 saturated carbocycles. The summed E-state index contributed by atoms with van der Waals surface area (Å²) in [7, 11) is 1.65. The highest BCUT2D eigenvalue weighted by molar-refractivity contribution is 6.32. The molecule has 2 rings (SSSR count). The number of ether oxygens (including phenoxy) is 3. The normalized spacial score (nSPS) is 10.4. The first-order valence-electron chi connectivity index (χ1n) is 8.43. The van der Waals surface area contributed by atoms with Gasteiger partial charge in [-0.2, -0.15) is 0 Å². The second-order valence-electron chi connectivity index (χ2n) is 5.82. The lowest BCUT2D eigenvalue weighted by Crippen LogP contribution is -2.04. The maximum absolute atomic E-state index is 6.12. The molecule has 0 atom stereocenters. The standard InChI is InChI=1S/C21H25ClO3/c1-4-7-17-9-11-19(21(15-17)23-3)24-12-5-6-13-25-20-14-16(2)8-10-18(20)22/h4,8-11,14-15H,1,5-7,12-13H2,2-3H3.